The third-order valence-electron chi connectivity index (χ3n) is 6.81. The highest BCUT2D eigenvalue weighted by Crippen LogP contribution is 2.45. The van der Waals surface area contributed by atoms with E-state index in [1.54, 1.807) is 0 Å². The van der Waals surface area contributed by atoms with Crippen molar-refractivity contribution in [3.63, 3.8) is 0 Å². The second kappa shape index (κ2) is 5.74. The van der Waals surface area contributed by atoms with E-state index in [-0.39, 0.29) is 6.71 Å². The Kier molecular flexibility index (Phi) is 2.96. The van der Waals surface area contributed by atoms with Crippen LogP contribution in [0.2, 0.25) is 0 Å². The summed E-state index contributed by atoms with van der Waals surface area (Å²) in [6.45, 7) is 0.0311. The SMILES string of the molecule is c1cc2c3c(c1)Oc1ccc(-c4cccc5ccccc45)c4c1B3c1c(cccc1O4)O2. The summed E-state index contributed by atoms with van der Waals surface area (Å²) in [6, 6.07) is 31.2. The Morgan fingerprint density at radius 2 is 1.03 bits per heavy atom. The molecule has 0 saturated heterocycles. The van der Waals surface area contributed by atoms with Crippen LogP contribution in [0.15, 0.2) is 91.0 Å². The molecule has 0 aliphatic carbocycles. The first-order valence-corrected chi connectivity index (χ1v) is 10.8. The summed E-state index contributed by atoms with van der Waals surface area (Å²) in [5, 5.41) is 2.42. The number of ether oxygens (including phenoxy) is 3. The Morgan fingerprint density at radius 3 is 1.78 bits per heavy atom. The normalized spacial score (nSPS) is 13.7. The zero-order valence-electron chi connectivity index (χ0n) is 17.0. The Hall–Kier alpha value is -4.18. The quantitative estimate of drug-likeness (QED) is 0.342. The van der Waals surface area contributed by atoms with Crippen molar-refractivity contribution in [1.29, 1.82) is 0 Å². The van der Waals surface area contributed by atoms with E-state index in [4.69, 9.17) is 14.2 Å². The maximum atomic E-state index is 6.62. The Labute approximate surface area is 184 Å². The summed E-state index contributed by atoms with van der Waals surface area (Å²) < 4.78 is 19.3. The summed E-state index contributed by atoms with van der Waals surface area (Å²) in [5.41, 5.74) is 5.48. The Balaban J connectivity index is 1.48. The fourth-order valence-corrected chi connectivity index (χ4v) is 5.48. The lowest BCUT2D eigenvalue weighted by atomic mass is 9.33. The van der Waals surface area contributed by atoms with Crippen LogP contribution in [0.25, 0.3) is 21.9 Å². The number of benzene rings is 5. The van der Waals surface area contributed by atoms with Gasteiger partial charge in [0.15, 0.2) is 0 Å². The van der Waals surface area contributed by atoms with E-state index in [0.717, 1.165) is 62.0 Å². The molecule has 0 spiro atoms. The molecule has 0 bridgehead atoms. The van der Waals surface area contributed by atoms with Crippen LogP contribution in [0.1, 0.15) is 0 Å². The van der Waals surface area contributed by atoms with Gasteiger partial charge in [-0.05, 0) is 52.7 Å². The Bertz CT molecular complexity index is 1580. The van der Waals surface area contributed by atoms with Crippen LogP contribution in [-0.2, 0) is 0 Å². The molecule has 5 aromatic carbocycles. The van der Waals surface area contributed by atoms with Gasteiger partial charge >= 0.3 is 0 Å². The van der Waals surface area contributed by atoms with Crippen molar-refractivity contribution in [3.05, 3.63) is 91.0 Å². The standard InChI is InChI=1S/C28H15BO3/c1-2-8-17-16(6-1)7-3-9-18(17)19-14-15-24-27-28(19)32-23-13-5-12-22-26(23)29(27)25-20(30-22)10-4-11-21(25)31-24/h1-15H. The predicted molar refractivity (Wildman–Crippen MR) is 127 cm³/mol. The molecule has 0 atom stereocenters. The van der Waals surface area contributed by atoms with E-state index in [9.17, 15) is 0 Å². The van der Waals surface area contributed by atoms with Crippen molar-refractivity contribution in [3.8, 4) is 45.6 Å². The van der Waals surface area contributed by atoms with E-state index in [2.05, 4.69) is 54.6 Å². The molecule has 32 heavy (non-hydrogen) atoms. The van der Waals surface area contributed by atoms with Crippen LogP contribution in [0.4, 0.5) is 0 Å². The molecule has 0 N–H and O–H groups in total. The fraction of sp³-hybridized carbons (Fsp3) is 0. The third-order valence-corrected chi connectivity index (χ3v) is 6.81. The van der Waals surface area contributed by atoms with Gasteiger partial charge in [0.05, 0.1) is 0 Å². The highest BCUT2D eigenvalue weighted by atomic mass is 16.5. The van der Waals surface area contributed by atoms with E-state index in [0.29, 0.717) is 0 Å². The van der Waals surface area contributed by atoms with Crippen LogP contribution < -0.4 is 30.6 Å². The minimum absolute atomic E-state index is 0.0311. The van der Waals surface area contributed by atoms with Crippen molar-refractivity contribution in [2.24, 2.45) is 0 Å². The Morgan fingerprint density at radius 1 is 0.438 bits per heavy atom. The largest absolute Gasteiger partial charge is 0.458 e. The van der Waals surface area contributed by atoms with E-state index >= 15 is 0 Å². The average Bonchev–Trinajstić information content (AvgIpc) is 2.84. The summed E-state index contributed by atoms with van der Waals surface area (Å²) in [6.07, 6.45) is 0. The highest BCUT2D eigenvalue weighted by molar-refractivity contribution is 6.99. The first-order valence-electron chi connectivity index (χ1n) is 10.8. The summed E-state index contributed by atoms with van der Waals surface area (Å²) in [7, 11) is 0. The zero-order valence-corrected chi connectivity index (χ0v) is 17.0. The lowest BCUT2D eigenvalue weighted by molar-refractivity contribution is 0.443. The van der Waals surface area contributed by atoms with Gasteiger partial charge < -0.3 is 14.2 Å². The minimum atomic E-state index is 0.0311. The van der Waals surface area contributed by atoms with Crippen molar-refractivity contribution >= 4 is 33.9 Å². The van der Waals surface area contributed by atoms with Crippen LogP contribution in [0.5, 0.6) is 34.5 Å². The summed E-state index contributed by atoms with van der Waals surface area (Å²) in [5.74, 6) is 5.13. The third kappa shape index (κ3) is 1.97. The van der Waals surface area contributed by atoms with Crippen LogP contribution >= 0.6 is 0 Å². The number of fused-ring (bicyclic) bond motifs is 1. The van der Waals surface area contributed by atoms with E-state index in [1.807, 2.05) is 36.4 Å². The smallest absolute Gasteiger partial charge is 0.270 e. The molecule has 0 aromatic heterocycles. The highest BCUT2D eigenvalue weighted by Gasteiger charge is 2.46. The molecule has 4 heteroatoms. The van der Waals surface area contributed by atoms with Crippen LogP contribution in [-0.4, -0.2) is 6.71 Å². The molecule has 0 fully saturated rings. The summed E-state index contributed by atoms with van der Waals surface area (Å²) >= 11 is 0. The maximum absolute atomic E-state index is 6.62. The van der Waals surface area contributed by atoms with Gasteiger partial charge in [-0.3, -0.25) is 0 Å². The monoisotopic (exact) mass is 410 g/mol. The van der Waals surface area contributed by atoms with E-state index in [1.165, 1.54) is 10.8 Å². The maximum Gasteiger partial charge on any atom is 0.270 e. The van der Waals surface area contributed by atoms with Crippen molar-refractivity contribution < 1.29 is 14.2 Å². The van der Waals surface area contributed by atoms with Gasteiger partial charge in [0.1, 0.15) is 34.5 Å². The number of hydrogen-bond donors (Lipinski definition) is 0. The zero-order chi connectivity index (χ0) is 20.8. The van der Waals surface area contributed by atoms with Crippen molar-refractivity contribution in [2.45, 2.75) is 0 Å². The number of rotatable bonds is 1. The lowest BCUT2D eigenvalue weighted by Crippen LogP contribution is -2.59. The molecule has 0 saturated carbocycles. The molecule has 5 aromatic rings. The van der Waals surface area contributed by atoms with Gasteiger partial charge in [0.25, 0.3) is 6.71 Å². The van der Waals surface area contributed by atoms with Gasteiger partial charge in [-0.15, -0.1) is 0 Å². The molecule has 0 radical (unpaired) electrons. The number of hydrogen-bond acceptors (Lipinski definition) is 3. The van der Waals surface area contributed by atoms with Gasteiger partial charge in [-0.1, -0.05) is 54.6 Å². The molecule has 3 aliphatic rings. The molecule has 3 aliphatic heterocycles. The van der Waals surface area contributed by atoms with Gasteiger partial charge in [0, 0.05) is 22.0 Å². The van der Waals surface area contributed by atoms with Gasteiger partial charge in [0.2, 0.25) is 0 Å². The minimum Gasteiger partial charge on any atom is -0.458 e. The molecular weight excluding hydrogens is 395 g/mol. The molecule has 3 nitrogen and oxygen atoms in total. The molecule has 0 unspecified atom stereocenters. The molecular formula is C28H15BO3. The first kappa shape index (κ1) is 16.5. The average molecular weight is 410 g/mol. The van der Waals surface area contributed by atoms with Crippen LogP contribution in [0.3, 0.4) is 0 Å². The predicted octanol–water partition coefficient (Wildman–Crippen LogP) is 5.34. The van der Waals surface area contributed by atoms with Gasteiger partial charge in [-0.2, -0.15) is 0 Å². The second-order valence-electron chi connectivity index (χ2n) is 8.46. The van der Waals surface area contributed by atoms with Gasteiger partial charge in [-0.25, -0.2) is 0 Å². The molecule has 3 heterocycles. The second-order valence-corrected chi connectivity index (χ2v) is 8.46. The molecule has 148 valence electrons. The molecule has 8 rings (SSSR count). The van der Waals surface area contributed by atoms with Crippen molar-refractivity contribution in [1.82, 2.24) is 0 Å². The van der Waals surface area contributed by atoms with E-state index < -0.39 is 0 Å². The topological polar surface area (TPSA) is 27.7 Å². The fourth-order valence-electron chi connectivity index (χ4n) is 5.48. The molecule has 0 amide bonds. The van der Waals surface area contributed by atoms with Crippen LogP contribution in [0, 0.1) is 0 Å². The summed E-state index contributed by atoms with van der Waals surface area (Å²) in [4.78, 5) is 0. The lowest BCUT2D eigenvalue weighted by Gasteiger charge is -2.38. The van der Waals surface area contributed by atoms with Crippen molar-refractivity contribution in [2.75, 3.05) is 0 Å². The first-order chi connectivity index (χ1) is 15.9.